The van der Waals surface area contributed by atoms with Gasteiger partial charge >= 0.3 is 0 Å². The van der Waals surface area contributed by atoms with Crippen LogP contribution in [0, 0.1) is 0 Å². The summed E-state index contributed by atoms with van der Waals surface area (Å²) in [6.07, 6.45) is 7.65. The van der Waals surface area contributed by atoms with Gasteiger partial charge < -0.3 is 9.97 Å². The fourth-order valence-corrected chi connectivity index (χ4v) is 4.44. The number of aliphatic imine (C=N–C) groups is 2. The molecule has 0 radical (unpaired) electrons. The average molecular weight is 509 g/mol. The molecule has 0 spiro atoms. The minimum atomic E-state index is 0.481. The molecule has 4 rings (SSSR count). The normalized spacial score (nSPS) is 11.9. The van der Waals surface area contributed by atoms with Crippen molar-refractivity contribution < 1.29 is 0 Å². The molecule has 38 heavy (non-hydrogen) atoms. The quantitative estimate of drug-likeness (QED) is 0.222. The van der Waals surface area contributed by atoms with E-state index >= 15 is 0 Å². The topological polar surface area (TPSA) is 56.3 Å². The highest BCUT2D eigenvalue weighted by molar-refractivity contribution is 5.81. The summed E-state index contributed by atoms with van der Waals surface area (Å²) in [7, 11) is 0. The number of aromatic amines is 2. The molecule has 0 atom stereocenters. The highest BCUT2D eigenvalue weighted by Crippen LogP contribution is 2.35. The van der Waals surface area contributed by atoms with Crippen molar-refractivity contribution in [3.8, 4) is 0 Å². The first-order valence-corrected chi connectivity index (χ1v) is 13.8. The average Bonchev–Trinajstić information content (AvgIpc) is 3.60. The van der Waals surface area contributed by atoms with Gasteiger partial charge in [0.1, 0.15) is 0 Å². The molecule has 2 N–H and O–H groups in total. The number of hydrogen-bond donors (Lipinski definition) is 2. The van der Waals surface area contributed by atoms with Gasteiger partial charge in [-0.2, -0.15) is 0 Å². The summed E-state index contributed by atoms with van der Waals surface area (Å²) < 4.78 is 0. The van der Waals surface area contributed by atoms with Crippen molar-refractivity contribution in [2.24, 2.45) is 9.98 Å². The zero-order chi connectivity index (χ0) is 27.7. The molecule has 0 saturated heterocycles. The molecule has 0 aliphatic carbocycles. The first-order chi connectivity index (χ1) is 18.2. The first kappa shape index (κ1) is 28.9. The van der Waals surface area contributed by atoms with Gasteiger partial charge in [-0.3, -0.25) is 9.98 Å². The molecule has 0 amide bonds. The minimum Gasteiger partial charge on any atom is -0.360 e. The zero-order valence-electron chi connectivity index (χ0n) is 24.3. The minimum absolute atomic E-state index is 0.481. The Morgan fingerprint density at radius 3 is 1.03 bits per heavy atom. The van der Waals surface area contributed by atoms with Gasteiger partial charge in [-0.05, 0) is 70.2 Å². The third-order valence-corrected chi connectivity index (χ3v) is 6.59. The molecule has 0 aliphatic heterocycles. The third-order valence-electron chi connectivity index (χ3n) is 6.59. The molecule has 0 fully saturated rings. The maximum Gasteiger partial charge on any atom is 0.0699 e. The molecule has 2 aromatic carbocycles. The predicted octanol–water partition coefficient (Wildman–Crippen LogP) is 10.0. The molecular formula is C34H44N4. The Labute approximate surface area is 229 Å². The predicted molar refractivity (Wildman–Crippen MR) is 165 cm³/mol. The van der Waals surface area contributed by atoms with Gasteiger partial charge in [-0.15, -0.1) is 0 Å². The Kier molecular flexibility index (Phi) is 10.5. The summed E-state index contributed by atoms with van der Waals surface area (Å²) in [5, 5.41) is 0. The van der Waals surface area contributed by atoms with Crippen LogP contribution in [0.15, 0.2) is 83.0 Å². The Balaban J connectivity index is 0.000000211. The fourth-order valence-electron chi connectivity index (χ4n) is 4.44. The molecule has 4 nitrogen and oxygen atoms in total. The summed E-state index contributed by atoms with van der Waals surface area (Å²) in [5.74, 6) is 1.92. The summed E-state index contributed by atoms with van der Waals surface area (Å²) in [4.78, 5) is 15.8. The van der Waals surface area contributed by atoms with Crippen molar-refractivity contribution >= 4 is 23.8 Å². The van der Waals surface area contributed by atoms with E-state index in [4.69, 9.17) is 9.98 Å². The lowest BCUT2D eigenvalue weighted by atomic mass is 9.93. The van der Waals surface area contributed by atoms with Crippen molar-refractivity contribution in [1.82, 2.24) is 9.97 Å². The first-order valence-electron chi connectivity index (χ1n) is 13.8. The van der Waals surface area contributed by atoms with Crippen LogP contribution in [0.2, 0.25) is 0 Å². The van der Waals surface area contributed by atoms with Crippen molar-refractivity contribution in [2.45, 2.75) is 79.1 Å². The molecule has 0 aliphatic rings. The lowest BCUT2D eigenvalue weighted by Gasteiger charge is -2.16. The van der Waals surface area contributed by atoms with E-state index in [-0.39, 0.29) is 0 Å². The SMILES string of the molecule is CC(C)c1cccc(C(C)C)c1N=Cc1ccc[nH]1.CC(C)c1cccc(C(C)C)c1N=Cc1ccc[nH]1. The second kappa shape index (κ2) is 13.8. The van der Waals surface area contributed by atoms with Gasteiger partial charge in [0.2, 0.25) is 0 Å². The largest absolute Gasteiger partial charge is 0.360 e. The number of hydrogen-bond acceptors (Lipinski definition) is 2. The van der Waals surface area contributed by atoms with Crippen LogP contribution in [0.4, 0.5) is 11.4 Å². The van der Waals surface area contributed by atoms with Crippen LogP contribution >= 0.6 is 0 Å². The van der Waals surface area contributed by atoms with E-state index in [9.17, 15) is 0 Å². The number of H-pyrrole nitrogens is 2. The smallest absolute Gasteiger partial charge is 0.0699 e. The number of benzene rings is 2. The van der Waals surface area contributed by atoms with E-state index in [0.29, 0.717) is 23.7 Å². The molecule has 4 aromatic rings. The van der Waals surface area contributed by atoms with Crippen LogP contribution in [-0.2, 0) is 0 Å². The molecule has 2 aromatic heterocycles. The maximum atomic E-state index is 4.73. The van der Waals surface area contributed by atoms with E-state index in [1.54, 1.807) is 0 Å². The van der Waals surface area contributed by atoms with E-state index < -0.39 is 0 Å². The lowest BCUT2D eigenvalue weighted by Crippen LogP contribution is -1.95. The summed E-state index contributed by atoms with van der Waals surface area (Å²) >= 11 is 0. The van der Waals surface area contributed by atoms with E-state index in [2.05, 4.69) is 102 Å². The van der Waals surface area contributed by atoms with Crippen LogP contribution < -0.4 is 0 Å². The molecule has 0 bridgehead atoms. The number of nitrogens with zero attached hydrogens (tertiary/aromatic N) is 2. The van der Waals surface area contributed by atoms with E-state index in [1.807, 2.05) is 49.1 Å². The van der Waals surface area contributed by atoms with Gasteiger partial charge in [0, 0.05) is 12.4 Å². The Morgan fingerprint density at radius 2 is 0.789 bits per heavy atom. The number of nitrogens with one attached hydrogen (secondary N) is 2. The Morgan fingerprint density at radius 1 is 0.474 bits per heavy atom. The van der Waals surface area contributed by atoms with Crippen molar-refractivity contribution in [2.75, 3.05) is 0 Å². The third kappa shape index (κ3) is 7.67. The summed E-state index contributed by atoms with van der Waals surface area (Å²) in [6, 6.07) is 21.0. The van der Waals surface area contributed by atoms with Crippen molar-refractivity contribution in [1.29, 1.82) is 0 Å². The van der Waals surface area contributed by atoms with Gasteiger partial charge in [0.15, 0.2) is 0 Å². The molecule has 0 saturated carbocycles. The molecule has 0 unspecified atom stereocenters. The van der Waals surface area contributed by atoms with Crippen LogP contribution in [-0.4, -0.2) is 22.4 Å². The fraction of sp³-hybridized carbons (Fsp3) is 0.353. The molecule has 2 heterocycles. The van der Waals surface area contributed by atoms with Gasteiger partial charge in [-0.25, -0.2) is 0 Å². The van der Waals surface area contributed by atoms with Crippen molar-refractivity contribution in [3.63, 3.8) is 0 Å². The highest BCUT2D eigenvalue weighted by Gasteiger charge is 2.13. The monoisotopic (exact) mass is 508 g/mol. The number of para-hydroxylation sites is 2. The summed E-state index contributed by atoms with van der Waals surface area (Å²) in [5.41, 5.74) is 9.58. The van der Waals surface area contributed by atoms with Crippen molar-refractivity contribution in [3.05, 3.63) is 107 Å². The summed E-state index contributed by atoms with van der Waals surface area (Å²) in [6.45, 7) is 17.7. The molecule has 200 valence electrons. The number of aromatic nitrogens is 2. The lowest BCUT2D eigenvalue weighted by molar-refractivity contribution is 0.834. The molecular weight excluding hydrogens is 464 g/mol. The van der Waals surface area contributed by atoms with Gasteiger partial charge in [0.05, 0.1) is 35.2 Å². The van der Waals surface area contributed by atoms with Gasteiger partial charge in [-0.1, -0.05) is 91.8 Å². The second-order valence-electron chi connectivity index (χ2n) is 11.0. The molecule has 4 heteroatoms. The highest BCUT2D eigenvalue weighted by atomic mass is 14.8. The van der Waals surface area contributed by atoms with Crippen LogP contribution in [0.1, 0.15) is 113 Å². The Bertz CT molecular complexity index is 1150. The van der Waals surface area contributed by atoms with Gasteiger partial charge in [0.25, 0.3) is 0 Å². The standard InChI is InChI=1S/2C17H22N2/c2*1-12(2)15-8-5-9-16(13(3)4)17(15)19-11-14-7-6-10-18-14/h2*5-13,18H,1-4H3. The Hall–Kier alpha value is -3.66. The van der Waals surface area contributed by atoms with Crippen LogP contribution in [0.25, 0.3) is 0 Å². The van der Waals surface area contributed by atoms with E-state index in [0.717, 1.165) is 22.8 Å². The second-order valence-corrected chi connectivity index (χ2v) is 11.0. The zero-order valence-corrected chi connectivity index (χ0v) is 24.3. The number of rotatable bonds is 8. The van der Waals surface area contributed by atoms with E-state index in [1.165, 1.54) is 22.3 Å². The maximum absolute atomic E-state index is 4.73. The van der Waals surface area contributed by atoms with Crippen LogP contribution in [0.3, 0.4) is 0 Å². The van der Waals surface area contributed by atoms with Crippen LogP contribution in [0.5, 0.6) is 0 Å².